The fourth-order valence-electron chi connectivity index (χ4n) is 1.75. The van der Waals surface area contributed by atoms with E-state index in [2.05, 4.69) is 15.9 Å². The van der Waals surface area contributed by atoms with Crippen LogP contribution >= 0.6 is 39.7 Å². The molecule has 1 aromatic carbocycles. The van der Waals surface area contributed by atoms with Gasteiger partial charge in [0.25, 0.3) is 0 Å². The topological polar surface area (TPSA) is 44.5 Å². The fraction of sp³-hybridized carbons (Fsp3) is 0.231. The summed E-state index contributed by atoms with van der Waals surface area (Å²) in [4.78, 5) is 1.10. The van der Waals surface area contributed by atoms with E-state index < -0.39 is 0 Å². The van der Waals surface area contributed by atoms with Crippen molar-refractivity contribution in [2.75, 3.05) is 14.2 Å². The summed E-state index contributed by atoms with van der Waals surface area (Å²) in [5.74, 6) is 1.50. The second kappa shape index (κ2) is 7.14. The van der Waals surface area contributed by atoms with Gasteiger partial charge in [0.15, 0.2) is 0 Å². The Labute approximate surface area is 131 Å². The number of thiophene rings is 1. The first-order chi connectivity index (χ1) is 8.67. The molecule has 104 valence electrons. The van der Waals surface area contributed by atoms with Crippen LogP contribution in [0.25, 0.3) is 0 Å². The molecule has 0 unspecified atom stereocenters. The van der Waals surface area contributed by atoms with Crippen LogP contribution in [0.15, 0.2) is 34.1 Å². The zero-order valence-corrected chi connectivity index (χ0v) is 13.8. The van der Waals surface area contributed by atoms with Crippen LogP contribution in [0.2, 0.25) is 0 Å². The summed E-state index contributed by atoms with van der Waals surface area (Å²) in [6.45, 7) is 0. The van der Waals surface area contributed by atoms with Gasteiger partial charge in [-0.3, -0.25) is 0 Å². The van der Waals surface area contributed by atoms with Crippen molar-refractivity contribution in [2.45, 2.75) is 6.04 Å². The lowest BCUT2D eigenvalue weighted by Gasteiger charge is -2.16. The van der Waals surface area contributed by atoms with Crippen LogP contribution in [0.1, 0.15) is 16.5 Å². The minimum atomic E-state index is -0.207. The lowest BCUT2D eigenvalue weighted by molar-refractivity contribution is 0.395. The molecule has 0 fully saturated rings. The first-order valence-corrected chi connectivity index (χ1v) is 7.05. The maximum absolute atomic E-state index is 6.27. The maximum Gasteiger partial charge on any atom is 0.133 e. The molecule has 0 radical (unpaired) electrons. The predicted octanol–water partition coefficient (Wildman–Crippen LogP) is 4.00. The molecule has 2 rings (SSSR count). The quantitative estimate of drug-likeness (QED) is 0.892. The number of hydrogen-bond donors (Lipinski definition) is 1. The zero-order valence-electron chi connectivity index (χ0n) is 10.6. The molecular formula is C13H15BrClNO2S. The molecule has 19 heavy (non-hydrogen) atoms. The Morgan fingerprint density at radius 1 is 1.21 bits per heavy atom. The van der Waals surface area contributed by atoms with Crippen molar-refractivity contribution in [3.63, 3.8) is 0 Å². The van der Waals surface area contributed by atoms with E-state index in [-0.39, 0.29) is 18.4 Å². The highest BCUT2D eigenvalue weighted by Gasteiger charge is 2.17. The van der Waals surface area contributed by atoms with Gasteiger partial charge < -0.3 is 15.2 Å². The average molecular weight is 365 g/mol. The molecule has 0 aliphatic carbocycles. The van der Waals surface area contributed by atoms with E-state index in [1.54, 1.807) is 25.6 Å². The van der Waals surface area contributed by atoms with Crippen molar-refractivity contribution in [3.05, 3.63) is 44.6 Å². The number of ether oxygens (including phenoxy) is 2. The molecule has 0 saturated carbocycles. The SMILES string of the molecule is COc1cc([C@H](N)c2cccs2)c(OC)cc1Br.Cl. The van der Waals surface area contributed by atoms with Gasteiger partial charge in [-0.2, -0.15) is 0 Å². The Morgan fingerprint density at radius 3 is 2.42 bits per heavy atom. The normalized spacial score (nSPS) is 11.6. The molecule has 2 aromatic rings. The molecular weight excluding hydrogens is 350 g/mol. The Hall–Kier alpha value is -0.750. The highest BCUT2D eigenvalue weighted by atomic mass is 79.9. The van der Waals surface area contributed by atoms with E-state index in [1.807, 2.05) is 29.6 Å². The Balaban J connectivity index is 0.00000180. The largest absolute Gasteiger partial charge is 0.496 e. The number of nitrogens with two attached hydrogens (primary N) is 1. The van der Waals surface area contributed by atoms with Crippen molar-refractivity contribution in [1.29, 1.82) is 0 Å². The third-order valence-corrected chi connectivity index (χ3v) is 4.26. The predicted molar refractivity (Wildman–Crippen MR) is 84.8 cm³/mol. The van der Waals surface area contributed by atoms with Gasteiger partial charge in [0.2, 0.25) is 0 Å². The van der Waals surface area contributed by atoms with E-state index in [4.69, 9.17) is 15.2 Å². The molecule has 2 N–H and O–H groups in total. The van der Waals surface area contributed by atoms with Gasteiger partial charge in [-0.1, -0.05) is 6.07 Å². The first kappa shape index (κ1) is 16.3. The van der Waals surface area contributed by atoms with Gasteiger partial charge in [-0.05, 0) is 39.5 Å². The standard InChI is InChI=1S/C13H14BrNO2S.ClH/c1-16-10-7-9(14)11(17-2)6-8(10)13(15)12-4-3-5-18-12;/h3-7,13H,15H2,1-2H3;1H/t13-;/m0./s1. The number of hydrogen-bond acceptors (Lipinski definition) is 4. The van der Waals surface area contributed by atoms with Crippen LogP contribution in [0.3, 0.4) is 0 Å². The molecule has 0 bridgehead atoms. The van der Waals surface area contributed by atoms with Gasteiger partial charge in [0.1, 0.15) is 11.5 Å². The van der Waals surface area contributed by atoms with Crippen molar-refractivity contribution in [3.8, 4) is 11.5 Å². The van der Waals surface area contributed by atoms with E-state index in [9.17, 15) is 0 Å². The number of halogens is 2. The smallest absolute Gasteiger partial charge is 0.133 e. The van der Waals surface area contributed by atoms with E-state index in [1.165, 1.54) is 0 Å². The second-order valence-corrected chi connectivity index (χ2v) is 5.56. The van der Waals surface area contributed by atoms with Crippen LogP contribution in [0, 0.1) is 0 Å². The van der Waals surface area contributed by atoms with Gasteiger partial charge in [0.05, 0.1) is 24.7 Å². The summed E-state index contributed by atoms with van der Waals surface area (Å²) in [5, 5.41) is 2.01. The molecule has 1 heterocycles. The second-order valence-electron chi connectivity index (χ2n) is 3.72. The number of methoxy groups -OCH3 is 2. The summed E-state index contributed by atoms with van der Waals surface area (Å²) >= 11 is 5.07. The summed E-state index contributed by atoms with van der Waals surface area (Å²) < 4.78 is 11.5. The maximum atomic E-state index is 6.27. The van der Waals surface area contributed by atoms with E-state index in [0.29, 0.717) is 0 Å². The van der Waals surface area contributed by atoms with Crippen LogP contribution in [-0.2, 0) is 0 Å². The Morgan fingerprint density at radius 2 is 1.89 bits per heavy atom. The summed E-state index contributed by atoms with van der Waals surface area (Å²) in [6.07, 6.45) is 0. The highest BCUT2D eigenvalue weighted by Crippen LogP contribution is 2.37. The molecule has 0 amide bonds. The molecule has 6 heteroatoms. The molecule has 3 nitrogen and oxygen atoms in total. The third kappa shape index (κ3) is 3.42. The first-order valence-electron chi connectivity index (χ1n) is 5.37. The summed E-state index contributed by atoms with van der Waals surface area (Å²) in [5.41, 5.74) is 7.19. The lowest BCUT2D eigenvalue weighted by atomic mass is 10.0. The van der Waals surface area contributed by atoms with Crippen molar-refractivity contribution >= 4 is 39.7 Å². The average Bonchev–Trinajstić information content (AvgIpc) is 2.91. The Bertz CT molecular complexity index is 534. The van der Waals surface area contributed by atoms with Crippen LogP contribution < -0.4 is 15.2 Å². The number of benzene rings is 1. The zero-order chi connectivity index (χ0) is 13.1. The minimum Gasteiger partial charge on any atom is -0.496 e. The van der Waals surface area contributed by atoms with Crippen molar-refractivity contribution in [2.24, 2.45) is 5.73 Å². The highest BCUT2D eigenvalue weighted by molar-refractivity contribution is 9.10. The fourth-order valence-corrected chi connectivity index (χ4v) is 2.98. The molecule has 0 aliphatic rings. The Kier molecular flexibility index (Phi) is 6.13. The summed E-state index contributed by atoms with van der Waals surface area (Å²) in [6, 6.07) is 7.59. The van der Waals surface area contributed by atoms with E-state index >= 15 is 0 Å². The minimum absolute atomic E-state index is 0. The van der Waals surface area contributed by atoms with E-state index in [0.717, 1.165) is 26.4 Å². The van der Waals surface area contributed by atoms with Gasteiger partial charge in [-0.15, -0.1) is 23.7 Å². The van der Waals surface area contributed by atoms with Crippen LogP contribution in [-0.4, -0.2) is 14.2 Å². The monoisotopic (exact) mass is 363 g/mol. The molecule has 1 aromatic heterocycles. The molecule has 0 spiro atoms. The van der Waals surface area contributed by atoms with Gasteiger partial charge >= 0.3 is 0 Å². The number of rotatable bonds is 4. The third-order valence-electron chi connectivity index (χ3n) is 2.69. The lowest BCUT2D eigenvalue weighted by Crippen LogP contribution is -2.12. The van der Waals surface area contributed by atoms with Gasteiger partial charge in [-0.25, -0.2) is 0 Å². The molecule has 1 atom stereocenters. The van der Waals surface area contributed by atoms with Gasteiger partial charge in [0, 0.05) is 10.4 Å². The van der Waals surface area contributed by atoms with Crippen molar-refractivity contribution < 1.29 is 9.47 Å². The summed E-state index contributed by atoms with van der Waals surface area (Å²) in [7, 11) is 3.27. The van der Waals surface area contributed by atoms with Crippen LogP contribution in [0.5, 0.6) is 11.5 Å². The van der Waals surface area contributed by atoms with Crippen molar-refractivity contribution in [1.82, 2.24) is 0 Å². The molecule has 0 saturated heterocycles. The van der Waals surface area contributed by atoms with Crippen LogP contribution in [0.4, 0.5) is 0 Å². The molecule has 0 aliphatic heterocycles.